The van der Waals surface area contributed by atoms with Crippen molar-refractivity contribution in [2.45, 2.75) is 20.5 Å². The zero-order chi connectivity index (χ0) is 16.2. The fourth-order valence-corrected chi connectivity index (χ4v) is 2.76. The quantitative estimate of drug-likeness (QED) is 0.763. The van der Waals surface area contributed by atoms with Crippen LogP contribution in [-0.2, 0) is 6.61 Å². The Morgan fingerprint density at radius 3 is 2.78 bits per heavy atom. The summed E-state index contributed by atoms with van der Waals surface area (Å²) in [6.07, 6.45) is 0. The molecule has 1 N–H and O–H groups in total. The van der Waals surface area contributed by atoms with E-state index in [1.807, 2.05) is 55.6 Å². The maximum atomic E-state index is 12.3. The first-order valence-corrected chi connectivity index (χ1v) is 8.00. The van der Waals surface area contributed by atoms with Gasteiger partial charge in [0.05, 0.1) is 5.69 Å². The van der Waals surface area contributed by atoms with Gasteiger partial charge in [0.15, 0.2) is 10.9 Å². The minimum Gasteiger partial charge on any atom is -0.486 e. The van der Waals surface area contributed by atoms with Crippen molar-refractivity contribution in [3.63, 3.8) is 0 Å². The van der Waals surface area contributed by atoms with Crippen LogP contribution in [0.15, 0.2) is 46.2 Å². The van der Waals surface area contributed by atoms with Crippen molar-refractivity contribution < 1.29 is 13.9 Å². The van der Waals surface area contributed by atoms with E-state index in [0.29, 0.717) is 10.9 Å². The third kappa shape index (κ3) is 3.78. The van der Waals surface area contributed by atoms with Gasteiger partial charge in [-0.15, -0.1) is 11.3 Å². The molecule has 0 radical (unpaired) electrons. The molecule has 0 unspecified atom stereocenters. The lowest BCUT2D eigenvalue weighted by Crippen LogP contribution is -2.11. The topological polar surface area (TPSA) is 64.4 Å². The zero-order valence-electron chi connectivity index (χ0n) is 12.8. The van der Waals surface area contributed by atoms with Gasteiger partial charge in [-0.1, -0.05) is 18.2 Å². The van der Waals surface area contributed by atoms with Crippen LogP contribution in [0.1, 0.15) is 27.6 Å². The van der Waals surface area contributed by atoms with E-state index in [9.17, 15) is 4.79 Å². The molecule has 6 heteroatoms. The number of aromatic nitrogens is 1. The van der Waals surface area contributed by atoms with Gasteiger partial charge >= 0.3 is 0 Å². The number of aryl methyl sites for hydroxylation is 2. The number of rotatable bonds is 5. The van der Waals surface area contributed by atoms with Crippen LogP contribution in [0.3, 0.4) is 0 Å². The maximum Gasteiger partial charge on any atom is 0.293 e. The fourth-order valence-electron chi connectivity index (χ4n) is 2.08. The Hall–Kier alpha value is -2.60. The molecule has 0 aliphatic heterocycles. The minimum atomic E-state index is -0.303. The molecule has 3 aromatic rings. The molecule has 2 heterocycles. The number of hydrogen-bond donors (Lipinski definition) is 1. The number of carbonyl (C=O) groups excluding carboxylic acids is 1. The lowest BCUT2D eigenvalue weighted by molar-refractivity contribution is 0.0992. The molecule has 0 aliphatic carbocycles. The molecule has 0 bridgehead atoms. The second-order valence-electron chi connectivity index (χ2n) is 5.07. The normalized spacial score (nSPS) is 10.5. The standard InChI is InChI=1S/C17H16N2O3S/c1-11-8-14(9-21-13-6-4-3-5-7-13)22-15(11)16(20)19-17-18-12(2)10-23-17/h3-8,10H,9H2,1-2H3,(H,18,19,20). The van der Waals surface area contributed by atoms with Gasteiger partial charge in [0.25, 0.3) is 5.91 Å². The lowest BCUT2D eigenvalue weighted by Gasteiger charge is -2.03. The maximum absolute atomic E-state index is 12.3. The van der Waals surface area contributed by atoms with Crippen molar-refractivity contribution in [1.29, 1.82) is 0 Å². The third-order valence-corrected chi connectivity index (χ3v) is 4.01. The highest BCUT2D eigenvalue weighted by molar-refractivity contribution is 7.13. The van der Waals surface area contributed by atoms with E-state index in [2.05, 4.69) is 10.3 Å². The van der Waals surface area contributed by atoms with Gasteiger partial charge < -0.3 is 9.15 Å². The summed E-state index contributed by atoms with van der Waals surface area (Å²) >= 11 is 1.38. The molecule has 1 aromatic carbocycles. The second kappa shape index (κ2) is 6.66. The Bertz CT molecular complexity index is 808. The number of hydrogen-bond acceptors (Lipinski definition) is 5. The number of amides is 1. The Kier molecular flexibility index (Phi) is 4.43. The Morgan fingerprint density at radius 1 is 1.30 bits per heavy atom. The molecule has 1 amide bonds. The first-order valence-electron chi connectivity index (χ1n) is 7.12. The predicted molar refractivity (Wildman–Crippen MR) is 89.0 cm³/mol. The molecule has 0 saturated carbocycles. The summed E-state index contributed by atoms with van der Waals surface area (Å²) in [5, 5.41) is 5.18. The number of thiazole rings is 1. The van der Waals surface area contributed by atoms with Crippen molar-refractivity contribution in [2.24, 2.45) is 0 Å². The van der Waals surface area contributed by atoms with E-state index < -0.39 is 0 Å². The largest absolute Gasteiger partial charge is 0.486 e. The molecule has 0 saturated heterocycles. The Balaban J connectivity index is 1.66. The first-order chi connectivity index (χ1) is 11.1. The molecule has 23 heavy (non-hydrogen) atoms. The number of ether oxygens (including phenoxy) is 1. The van der Waals surface area contributed by atoms with Gasteiger partial charge in [0, 0.05) is 10.9 Å². The highest BCUT2D eigenvalue weighted by Gasteiger charge is 2.17. The molecule has 5 nitrogen and oxygen atoms in total. The molecular formula is C17H16N2O3S. The van der Waals surface area contributed by atoms with Crippen molar-refractivity contribution in [3.05, 3.63) is 64.6 Å². The average molecular weight is 328 g/mol. The number of nitrogens with zero attached hydrogens (tertiary/aromatic N) is 1. The lowest BCUT2D eigenvalue weighted by atomic mass is 10.2. The molecule has 0 spiro atoms. The van der Waals surface area contributed by atoms with Gasteiger partial charge in [-0.25, -0.2) is 4.98 Å². The molecule has 118 valence electrons. The van der Waals surface area contributed by atoms with Gasteiger partial charge in [0.2, 0.25) is 0 Å². The molecule has 2 aromatic heterocycles. The molecular weight excluding hydrogens is 312 g/mol. The van der Waals surface area contributed by atoms with E-state index in [4.69, 9.17) is 9.15 Å². The summed E-state index contributed by atoms with van der Waals surface area (Å²) in [6, 6.07) is 11.3. The summed E-state index contributed by atoms with van der Waals surface area (Å²) in [7, 11) is 0. The highest BCUT2D eigenvalue weighted by Crippen LogP contribution is 2.20. The Labute approximate surface area is 137 Å². The van der Waals surface area contributed by atoms with Crippen molar-refractivity contribution in [1.82, 2.24) is 4.98 Å². The van der Waals surface area contributed by atoms with Gasteiger partial charge in [-0.05, 0) is 32.0 Å². The van der Waals surface area contributed by atoms with Gasteiger partial charge in [0.1, 0.15) is 18.1 Å². The van der Waals surface area contributed by atoms with Gasteiger partial charge in [-0.3, -0.25) is 10.1 Å². The number of carbonyl (C=O) groups is 1. The monoisotopic (exact) mass is 328 g/mol. The van der Waals surface area contributed by atoms with E-state index >= 15 is 0 Å². The van der Waals surface area contributed by atoms with Crippen LogP contribution in [0.5, 0.6) is 5.75 Å². The van der Waals surface area contributed by atoms with Crippen LogP contribution < -0.4 is 10.1 Å². The van der Waals surface area contributed by atoms with Crippen LogP contribution in [0.25, 0.3) is 0 Å². The van der Waals surface area contributed by atoms with Crippen LogP contribution in [0.4, 0.5) is 5.13 Å². The van der Waals surface area contributed by atoms with E-state index in [0.717, 1.165) is 17.0 Å². The number of benzene rings is 1. The molecule has 3 rings (SSSR count). The highest BCUT2D eigenvalue weighted by atomic mass is 32.1. The summed E-state index contributed by atoms with van der Waals surface area (Å²) in [6.45, 7) is 3.98. The van der Waals surface area contributed by atoms with E-state index in [1.54, 1.807) is 0 Å². The summed E-state index contributed by atoms with van der Waals surface area (Å²) < 4.78 is 11.2. The van der Waals surface area contributed by atoms with Crippen molar-refractivity contribution >= 4 is 22.4 Å². The number of anilines is 1. The van der Waals surface area contributed by atoms with Crippen LogP contribution >= 0.6 is 11.3 Å². The van der Waals surface area contributed by atoms with Crippen molar-refractivity contribution in [2.75, 3.05) is 5.32 Å². The van der Waals surface area contributed by atoms with Crippen molar-refractivity contribution in [3.8, 4) is 5.75 Å². The number of nitrogens with one attached hydrogen (secondary N) is 1. The zero-order valence-corrected chi connectivity index (χ0v) is 13.6. The van der Waals surface area contributed by atoms with Crippen LogP contribution in [0.2, 0.25) is 0 Å². The number of para-hydroxylation sites is 1. The van der Waals surface area contributed by atoms with E-state index in [1.165, 1.54) is 11.3 Å². The fraction of sp³-hybridized carbons (Fsp3) is 0.176. The Morgan fingerprint density at radius 2 is 2.09 bits per heavy atom. The minimum absolute atomic E-state index is 0.272. The van der Waals surface area contributed by atoms with Crippen LogP contribution in [0, 0.1) is 13.8 Å². The second-order valence-corrected chi connectivity index (χ2v) is 5.93. The molecule has 0 fully saturated rings. The smallest absolute Gasteiger partial charge is 0.293 e. The van der Waals surface area contributed by atoms with Gasteiger partial charge in [-0.2, -0.15) is 0 Å². The van der Waals surface area contributed by atoms with Crippen LogP contribution in [-0.4, -0.2) is 10.9 Å². The first kappa shape index (κ1) is 15.3. The SMILES string of the molecule is Cc1csc(NC(=O)c2oc(COc3ccccc3)cc2C)n1. The van der Waals surface area contributed by atoms with E-state index in [-0.39, 0.29) is 18.3 Å². The average Bonchev–Trinajstić information content (AvgIpc) is 3.12. The molecule has 0 aliphatic rings. The summed E-state index contributed by atoms with van der Waals surface area (Å²) in [5.41, 5.74) is 1.64. The predicted octanol–water partition coefficient (Wildman–Crippen LogP) is 4.18. The summed E-state index contributed by atoms with van der Waals surface area (Å²) in [4.78, 5) is 16.5. The third-order valence-electron chi connectivity index (χ3n) is 3.14. The molecule has 0 atom stereocenters. The summed E-state index contributed by atoms with van der Waals surface area (Å²) in [5.74, 6) is 1.34. The number of furan rings is 1.